The summed E-state index contributed by atoms with van der Waals surface area (Å²) in [5, 5.41) is 0. The lowest BCUT2D eigenvalue weighted by molar-refractivity contribution is 0.262. The van der Waals surface area contributed by atoms with Crippen molar-refractivity contribution < 1.29 is 4.74 Å². The van der Waals surface area contributed by atoms with Crippen LogP contribution in [-0.4, -0.2) is 18.6 Å². The fraction of sp³-hybridized carbons (Fsp3) is 1.00. The Morgan fingerprint density at radius 1 is 1.50 bits per heavy atom. The number of rotatable bonds is 5. The molecule has 2 atom stereocenters. The highest BCUT2D eigenvalue weighted by Gasteiger charge is 2.41. The maximum Gasteiger partial charge on any atom is 0.0810 e. The Morgan fingerprint density at radius 3 is 2.58 bits per heavy atom. The van der Waals surface area contributed by atoms with Crippen molar-refractivity contribution in [3.63, 3.8) is 0 Å². The SMILES string of the molecule is CC(CCl)(CCC1CO1)C1CC1. The Hall–Kier alpha value is 0.250. The Kier molecular flexibility index (Phi) is 2.35. The third-order valence-electron chi connectivity index (χ3n) is 3.31. The molecule has 2 rings (SSSR count). The van der Waals surface area contributed by atoms with Crippen molar-refractivity contribution >= 4 is 11.6 Å². The van der Waals surface area contributed by atoms with Crippen LogP contribution in [0.4, 0.5) is 0 Å². The quantitative estimate of drug-likeness (QED) is 0.478. The van der Waals surface area contributed by atoms with E-state index >= 15 is 0 Å². The third kappa shape index (κ3) is 1.94. The van der Waals surface area contributed by atoms with Gasteiger partial charge < -0.3 is 4.74 Å². The van der Waals surface area contributed by atoms with Crippen LogP contribution in [0.5, 0.6) is 0 Å². The van der Waals surface area contributed by atoms with Crippen molar-refractivity contribution in [1.82, 2.24) is 0 Å². The van der Waals surface area contributed by atoms with E-state index in [1.807, 2.05) is 0 Å². The molecule has 0 aromatic carbocycles. The van der Waals surface area contributed by atoms with Crippen molar-refractivity contribution in [1.29, 1.82) is 0 Å². The molecule has 0 bridgehead atoms. The predicted octanol–water partition coefficient (Wildman–Crippen LogP) is 2.82. The summed E-state index contributed by atoms with van der Waals surface area (Å²) in [5.74, 6) is 1.73. The molecule has 0 aromatic rings. The van der Waals surface area contributed by atoms with Crippen LogP contribution in [-0.2, 0) is 4.74 Å². The second-order valence-corrected chi connectivity index (χ2v) is 4.82. The van der Waals surface area contributed by atoms with Crippen molar-refractivity contribution in [2.75, 3.05) is 12.5 Å². The molecule has 1 saturated heterocycles. The van der Waals surface area contributed by atoms with Gasteiger partial charge in [0.2, 0.25) is 0 Å². The van der Waals surface area contributed by atoms with Crippen LogP contribution in [0, 0.1) is 11.3 Å². The lowest BCUT2D eigenvalue weighted by Gasteiger charge is -2.26. The zero-order valence-corrected chi connectivity index (χ0v) is 8.44. The molecule has 1 aliphatic heterocycles. The van der Waals surface area contributed by atoms with E-state index < -0.39 is 0 Å². The van der Waals surface area contributed by atoms with Gasteiger partial charge in [-0.1, -0.05) is 6.92 Å². The molecule has 1 heterocycles. The second kappa shape index (κ2) is 3.19. The molecule has 0 N–H and O–H groups in total. The third-order valence-corrected chi connectivity index (χ3v) is 3.92. The fourth-order valence-corrected chi connectivity index (χ4v) is 2.24. The molecule has 1 saturated carbocycles. The Morgan fingerprint density at radius 2 is 2.17 bits per heavy atom. The average molecular weight is 189 g/mol. The minimum absolute atomic E-state index is 0.410. The van der Waals surface area contributed by atoms with Gasteiger partial charge in [-0.2, -0.15) is 0 Å². The van der Waals surface area contributed by atoms with E-state index in [0.29, 0.717) is 11.5 Å². The molecule has 2 fully saturated rings. The average Bonchev–Trinajstić information content (AvgIpc) is 2.88. The van der Waals surface area contributed by atoms with Crippen molar-refractivity contribution in [2.24, 2.45) is 11.3 Å². The molecule has 70 valence electrons. The van der Waals surface area contributed by atoms with Crippen molar-refractivity contribution in [3.8, 4) is 0 Å². The first-order valence-electron chi connectivity index (χ1n) is 4.92. The maximum atomic E-state index is 6.01. The van der Waals surface area contributed by atoms with E-state index in [1.165, 1.54) is 25.7 Å². The Labute approximate surface area is 79.4 Å². The van der Waals surface area contributed by atoms with E-state index in [0.717, 1.165) is 18.4 Å². The molecule has 0 amide bonds. The summed E-state index contributed by atoms with van der Waals surface area (Å²) in [6.07, 6.45) is 5.85. The number of alkyl halides is 1. The van der Waals surface area contributed by atoms with Crippen molar-refractivity contribution in [2.45, 2.75) is 38.7 Å². The van der Waals surface area contributed by atoms with Crippen LogP contribution in [0.1, 0.15) is 32.6 Å². The monoisotopic (exact) mass is 188 g/mol. The minimum Gasteiger partial charge on any atom is -0.373 e. The van der Waals surface area contributed by atoms with Gasteiger partial charge in [-0.05, 0) is 37.0 Å². The summed E-state index contributed by atoms with van der Waals surface area (Å²) in [4.78, 5) is 0. The normalized spacial score (nSPS) is 33.0. The number of hydrogen-bond donors (Lipinski definition) is 0. The molecule has 2 aliphatic rings. The summed E-state index contributed by atoms with van der Waals surface area (Å²) < 4.78 is 5.21. The molecular weight excluding hydrogens is 172 g/mol. The summed E-state index contributed by atoms with van der Waals surface area (Å²) in [5.41, 5.74) is 0.410. The molecule has 1 aliphatic carbocycles. The van der Waals surface area contributed by atoms with Gasteiger partial charge >= 0.3 is 0 Å². The zero-order valence-electron chi connectivity index (χ0n) is 7.68. The van der Waals surface area contributed by atoms with Gasteiger partial charge in [0, 0.05) is 5.88 Å². The summed E-state index contributed by atoms with van der Waals surface area (Å²) in [6.45, 7) is 3.32. The summed E-state index contributed by atoms with van der Waals surface area (Å²) in [6, 6.07) is 0. The molecule has 2 unspecified atom stereocenters. The van der Waals surface area contributed by atoms with Gasteiger partial charge in [0.25, 0.3) is 0 Å². The van der Waals surface area contributed by atoms with Gasteiger partial charge in [0.05, 0.1) is 12.7 Å². The highest BCUT2D eigenvalue weighted by atomic mass is 35.5. The largest absolute Gasteiger partial charge is 0.373 e. The van der Waals surface area contributed by atoms with Crippen LogP contribution in [0.15, 0.2) is 0 Å². The standard InChI is InChI=1S/C10H17ClO/c1-10(7-11,8-2-3-8)5-4-9-6-12-9/h8-9H,2-7H2,1H3. The van der Waals surface area contributed by atoms with Gasteiger partial charge in [-0.15, -0.1) is 11.6 Å². The topological polar surface area (TPSA) is 12.5 Å². The van der Waals surface area contributed by atoms with Crippen LogP contribution in [0.3, 0.4) is 0 Å². The molecule has 2 heteroatoms. The van der Waals surface area contributed by atoms with E-state index in [-0.39, 0.29) is 0 Å². The lowest BCUT2D eigenvalue weighted by Crippen LogP contribution is -2.21. The lowest BCUT2D eigenvalue weighted by atomic mass is 9.82. The predicted molar refractivity (Wildman–Crippen MR) is 50.5 cm³/mol. The molecule has 0 spiro atoms. The number of halogens is 1. The second-order valence-electron chi connectivity index (χ2n) is 4.56. The Balaban J connectivity index is 1.78. The van der Waals surface area contributed by atoms with Gasteiger partial charge in [-0.25, -0.2) is 0 Å². The summed E-state index contributed by atoms with van der Waals surface area (Å²) in [7, 11) is 0. The van der Waals surface area contributed by atoms with E-state index in [2.05, 4.69) is 6.92 Å². The molecule has 1 nitrogen and oxygen atoms in total. The van der Waals surface area contributed by atoms with E-state index in [1.54, 1.807) is 0 Å². The minimum atomic E-state index is 0.410. The van der Waals surface area contributed by atoms with Crippen LogP contribution in [0.25, 0.3) is 0 Å². The molecule has 12 heavy (non-hydrogen) atoms. The van der Waals surface area contributed by atoms with Crippen molar-refractivity contribution in [3.05, 3.63) is 0 Å². The maximum absolute atomic E-state index is 6.01. The van der Waals surface area contributed by atoms with Crippen LogP contribution >= 0.6 is 11.6 Å². The fourth-order valence-electron chi connectivity index (χ4n) is 1.89. The number of hydrogen-bond acceptors (Lipinski definition) is 1. The van der Waals surface area contributed by atoms with E-state index in [9.17, 15) is 0 Å². The van der Waals surface area contributed by atoms with E-state index in [4.69, 9.17) is 16.3 Å². The van der Waals surface area contributed by atoms with Gasteiger partial charge in [0.1, 0.15) is 0 Å². The first kappa shape index (κ1) is 8.83. The van der Waals surface area contributed by atoms with Gasteiger partial charge in [0.15, 0.2) is 0 Å². The van der Waals surface area contributed by atoms with Crippen LogP contribution < -0.4 is 0 Å². The first-order chi connectivity index (χ1) is 5.74. The summed E-state index contributed by atoms with van der Waals surface area (Å²) >= 11 is 6.01. The number of ether oxygens (including phenoxy) is 1. The zero-order chi connectivity index (χ0) is 8.60. The smallest absolute Gasteiger partial charge is 0.0810 e. The molecule has 0 radical (unpaired) electrons. The highest BCUT2D eigenvalue weighted by molar-refractivity contribution is 6.18. The van der Waals surface area contributed by atoms with Crippen LogP contribution in [0.2, 0.25) is 0 Å². The molecule has 0 aromatic heterocycles. The van der Waals surface area contributed by atoms with Gasteiger partial charge in [-0.3, -0.25) is 0 Å². The highest BCUT2D eigenvalue weighted by Crippen LogP contribution is 2.49. The number of epoxide rings is 1. The Bertz CT molecular complexity index is 163. The first-order valence-corrected chi connectivity index (χ1v) is 5.45. The molecular formula is C10H17ClO.